The molecule has 1 heterocycles. The summed E-state index contributed by atoms with van der Waals surface area (Å²) in [6.07, 6.45) is 3.78. The van der Waals surface area contributed by atoms with Crippen LogP contribution >= 0.6 is 15.9 Å². The number of carbonyl (C=O) groups excluding carboxylic acids is 1. The highest BCUT2D eigenvalue weighted by Gasteiger charge is 2.52. The molecule has 2 aromatic carbocycles. The minimum absolute atomic E-state index is 0.0829. The fraction of sp³-hybridized carbons (Fsp3) is 0.167. The van der Waals surface area contributed by atoms with Crippen molar-refractivity contribution in [2.24, 2.45) is 0 Å². The maximum Gasteiger partial charge on any atom is 0.235 e. The van der Waals surface area contributed by atoms with Gasteiger partial charge in [0, 0.05) is 27.3 Å². The highest BCUT2D eigenvalue weighted by atomic mass is 79.9. The summed E-state index contributed by atoms with van der Waals surface area (Å²) in [4.78, 5) is 16.1. The molecule has 0 atom stereocenters. The normalized spacial score (nSPS) is 15.7. The number of fused-ring (bicyclic) bond motifs is 1. The second-order valence-electron chi connectivity index (χ2n) is 5.79. The van der Waals surface area contributed by atoms with Gasteiger partial charge in [0.05, 0.1) is 5.41 Å². The average molecular weight is 355 g/mol. The fourth-order valence-corrected chi connectivity index (χ4v) is 3.26. The molecular formula is C18H15BrN2O. The van der Waals surface area contributed by atoms with Crippen molar-refractivity contribution in [3.63, 3.8) is 0 Å². The van der Waals surface area contributed by atoms with Gasteiger partial charge in [-0.3, -0.25) is 4.79 Å². The third-order valence-electron chi connectivity index (χ3n) is 4.39. The van der Waals surface area contributed by atoms with Gasteiger partial charge < -0.3 is 10.3 Å². The first-order valence-electron chi connectivity index (χ1n) is 7.33. The predicted octanol–water partition coefficient (Wildman–Crippen LogP) is 4.60. The Morgan fingerprint density at radius 2 is 1.82 bits per heavy atom. The van der Waals surface area contributed by atoms with Crippen LogP contribution in [0.1, 0.15) is 18.4 Å². The van der Waals surface area contributed by atoms with E-state index in [4.69, 9.17) is 0 Å². The molecule has 22 heavy (non-hydrogen) atoms. The van der Waals surface area contributed by atoms with Crippen LogP contribution in [-0.4, -0.2) is 10.9 Å². The third kappa shape index (κ3) is 2.15. The molecule has 3 nitrogen and oxygen atoms in total. The Morgan fingerprint density at radius 1 is 1.09 bits per heavy atom. The second-order valence-corrected chi connectivity index (χ2v) is 6.71. The lowest BCUT2D eigenvalue weighted by atomic mass is 9.94. The molecule has 0 unspecified atom stereocenters. The van der Waals surface area contributed by atoms with Gasteiger partial charge in [0.15, 0.2) is 0 Å². The zero-order chi connectivity index (χ0) is 15.2. The molecule has 0 aliphatic heterocycles. The van der Waals surface area contributed by atoms with E-state index in [1.165, 1.54) is 0 Å². The van der Waals surface area contributed by atoms with Gasteiger partial charge in [-0.05, 0) is 48.7 Å². The molecule has 1 aromatic heterocycles. The fourth-order valence-electron chi connectivity index (χ4n) is 3.00. The van der Waals surface area contributed by atoms with Crippen LogP contribution in [0.5, 0.6) is 0 Å². The summed E-state index contributed by atoms with van der Waals surface area (Å²) in [5.41, 5.74) is 2.64. The van der Waals surface area contributed by atoms with Gasteiger partial charge in [0.25, 0.3) is 0 Å². The molecule has 0 spiro atoms. The van der Waals surface area contributed by atoms with Crippen molar-refractivity contribution in [1.29, 1.82) is 0 Å². The topological polar surface area (TPSA) is 44.9 Å². The second kappa shape index (κ2) is 4.99. The summed E-state index contributed by atoms with van der Waals surface area (Å²) >= 11 is 3.41. The van der Waals surface area contributed by atoms with Crippen LogP contribution in [0, 0.1) is 0 Å². The average Bonchev–Trinajstić information content (AvgIpc) is 3.23. The molecule has 110 valence electrons. The van der Waals surface area contributed by atoms with Gasteiger partial charge in [-0.15, -0.1) is 0 Å². The van der Waals surface area contributed by atoms with Gasteiger partial charge in [-0.1, -0.05) is 34.1 Å². The lowest BCUT2D eigenvalue weighted by Gasteiger charge is -2.15. The van der Waals surface area contributed by atoms with Crippen molar-refractivity contribution in [2.45, 2.75) is 18.3 Å². The Balaban J connectivity index is 1.66. The number of rotatable bonds is 3. The van der Waals surface area contributed by atoms with Gasteiger partial charge in [0.1, 0.15) is 0 Å². The minimum Gasteiger partial charge on any atom is -0.361 e. The molecule has 1 amide bonds. The van der Waals surface area contributed by atoms with Crippen LogP contribution in [-0.2, 0) is 10.2 Å². The Kier molecular flexibility index (Phi) is 3.08. The minimum atomic E-state index is -0.382. The molecule has 4 rings (SSSR count). The number of hydrogen-bond acceptors (Lipinski definition) is 1. The number of nitrogens with one attached hydrogen (secondary N) is 2. The van der Waals surface area contributed by atoms with E-state index in [1.54, 1.807) is 0 Å². The molecule has 1 aliphatic rings. The first kappa shape index (κ1) is 13.6. The van der Waals surface area contributed by atoms with E-state index < -0.39 is 0 Å². The third-order valence-corrected chi connectivity index (χ3v) is 4.92. The van der Waals surface area contributed by atoms with Crippen molar-refractivity contribution in [3.05, 3.63) is 64.8 Å². The molecule has 0 radical (unpaired) electrons. The monoisotopic (exact) mass is 354 g/mol. The molecule has 4 heteroatoms. The zero-order valence-electron chi connectivity index (χ0n) is 11.9. The van der Waals surface area contributed by atoms with Crippen molar-refractivity contribution < 1.29 is 4.79 Å². The smallest absolute Gasteiger partial charge is 0.235 e. The molecule has 1 aliphatic carbocycles. The van der Waals surface area contributed by atoms with E-state index in [-0.39, 0.29) is 11.3 Å². The number of aromatic nitrogens is 1. The largest absolute Gasteiger partial charge is 0.361 e. The highest BCUT2D eigenvalue weighted by molar-refractivity contribution is 9.10. The SMILES string of the molecule is O=C(Nc1ccc(Br)cc1)C1(c2c[nH]c3ccccc23)CC1. The van der Waals surface area contributed by atoms with Crippen LogP contribution in [0.3, 0.4) is 0 Å². The number of amides is 1. The Labute approximate surface area is 136 Å². The van der Waals surface area contributed by atoms with Crippen LogP contribution in [0.15, 0.2) is 59.2 Å². The Morgan fingerprint density at radius 3 is 2.55 bits per heavy atom. The van der Waals surface area contributed by atoms with Crippen molar-refractivity contribution in [3.8, 4) is 0 Å². The predicted molar refractivity (Wildman–Crippen MR) is 92.0 cm³/mol. The number of carbonyl (C=O) groups is 1. The maximum atomic E-state index is 12.8. The van der Waals surface area contributed by atoms with Crippen molar-refractivity contribution in [1.82, 2.24) is 4.98 Å². The Hall–Kier alpha value is -2.07. The number of para-hydroxylation sites is 1. The maximum absolute atomic E-state index is 12.8. The van der Waals surface area contributed by atoms with E-state index in [0.29, 0.717) is 0 Å². The van der Waals surface area contributed by atoms with E-state index in [2.05, 4.69) is 32.3 Å². The quantitative estimate of drug-likeness (QED) is 0.709. The van der Waals surface area contributed by atoms with Crippen molar-refractivity contribution in [2.75, 3.05) is 5.32 Å². The van der Waals surface area contributed by atoms with Crippen LogP contribution in [0.4, 0.5) is 5.69 Å². The van der Waals surface area contributed by atoms with E-state index in [9.17, 15) is 4.79 Å². The number of anilines is 1. The van der Waals surface area contributed by atoms with E-state index >= 15 is 0 Å². The van der Waals surface area contributed by atoms with Crippen LogP contribution in [0.25, 0.3) is 10.9 Å². The summed E-state index contributed by atoms with van der Waals surface area (Å²) in [6, 6.07) is 15.8. The molecule has 3 aromatic rings. The molecule has 1 fully saturated rings. The van der Waals surface area contributed by atoms with Gasteiger partial charge in [0.2, 0.25) is 5.91 Å². The van der Waals surface area contributed by atoms with Crippen LogP contribution in [0.2, 0.25) is 0 Å². The van der Waals surface area contributed by atoms with E-state index in [1.807, 2.05) is 48.7 Å². The standard InChI is InChI=1S/C18H15BrN2O/c19-12-5-7-13(8-6-12)21-17(22)18(9-10-18)15-11-20-16-4-2-1-3-14(15)16/h1-8,11,20H,9-10H2,(H,21,22). The van der Waals surface area contributed by atoms with Gasteiger partial charge in [-0.2, -0.15) is 0 Å². The number of hydrogen-bond donors (Lipinski definition) is 2. The molecule has 0 saturated heterocycles. The summed E-state index contributed by atoms with van der Waals surface area (Å²) in [7, 11) is 0. The first-order chi connectivity index (χ1) is 10.7. The van der Waals surface area contributed by atoms with Gasteiger partial charge >= 0.3 is 0 Å². The Bertz CT molecular complexity index is 847. The number of benzene rings is 2. The number of H-pyrrole nitrogens is 1. The highest BCUT2D eigenvalue weighted by Crippen LogP contribution is 2.51. The van der Waals surface area contributed by atoms with Crippen LogP contribution < -0.4 is 5.32 Å². The number of halogens is 1. The molecule has 2 N–H and O–H groups in total. The molecule has 0 bridgehead atoms. The van der Waals surface area contributed by atoms with E-state index in [0.717, 1.165) is 39.5 Å². The molecular weight excluding hydrogens is 340 g/mol. The zero-order valence-corrected chi connectivity index (χ0v) is 13.5. The van der Waals surface area contributed by atoms with Gasteiger partial charge in [-0.25, -0.2) is 0 Å². The molecule has 1 saturated carbocycles. The summed E-state index contributed by atoms with van der Waals surface area (Å²) in [5, 5.41) is 4.20. The lowest BCUT2D eigenvalue weighted by Crippen LogP contribution is -2.27. The first-order valence-corrected chi connectivity index (χ1v) is 8.12. The lowest BCUT2D eigenvalue weighted by molar-refractivity contribution is -0.118. The van der Waals surface area contributed by atoms with Crippen molar-refractivity contribution >= 4 is 38.4 Å². The summed E-state index contributed by atoms with van der Waals surface area (Å²) < 4.78 is 1.00. The summed E-state index contributed by atoms with van der Waals surface area (Å²) in [6.45, 7) is 0. The summed E-state index contributed by atoms with van der Waals surface area (Å²) in [5.74, 6) is 0.0829. The number of aromatic amines is 1.